The average Bonchev–Trinajstić information content (AvgIpc) is 3.08. The number of hydrogen-bond acceptors (Lipinski definition) is 5. The van der Waals surface area contributed by atoms with E-state index in [1.54, 1.807) is 12.1 Å². The summed E-state index contributed by atoms with van der Waals surface area (Å²) in [5.74, 6) is -0.563. The molecule has 3 rings (SSSR count). The minimum Gasteiger partial charge on any atom is -0.481 e. The van der Waals surface area contributed by atoms with Gasteiger partial charge in [0.2, 0.25) is 0 Å². The summed E-state index contributed by atoms with van der Waals surface area (Å²) in [4.78, 5) is 23.0. The molecule has 3 aromatic rings. The molecule has 2 aromatic carbocycles. The topological polar surface area (TPSA) is 76.0 Å². The van der Waals surface area contributed by atoms with E-state index in [4.69, 9.17) is 9.84 Å². The number of thiophene rings is 1. The molecule has 1 atom stereocenters. The Labute approximate surface area is 136 Å². The van der Waals surface area contributed by atoms with Gasteiger partial charge in [-0.3, -0.25) is 0 Å². The number of nitrogens with zero attached hydrogens (tertiary/aromatic N) is 1. The standard InChI is InChI=1S/C17H13NO4S/c19-16(20)10-22-14-8-7-13(11-4-1-2-5-12(11)14)17(18-21)15-6-3-9-23-15/h1-9,17H,10H2,(H,19,20). The first kappa shape index (κ1) is 15.2. The smallest absolute Gasteiger partial charge is 0.341 e. The van der Waals surface area contributed by atoms with Gasteiger partial charge in [-0.05, 0) is 28.5 Å². The lowest BCUT2D eigenvalue weighted by molar-refractivity contribution is -0.139. The van der Waals surface area contributed by atoms with Crippen LogP contribution in [0.15, 0.2) is 59.1 Å². The van der Waals surface area contributed by atoms with Crippen LogP contribution in [0.3, 0.4) is 0 Å². The average molecular weight is 327 g/mol. The lowest BCUT2D eigenvalue weighted by Gasteiger charge is -2.14. The van der Waals surface area contributed by atoms with Gasteiger partial charge in [-0.15, -0.1) is 16.2 Å². The van der Waals surface area contributed by atoms with Gasteiger partial charge in [-0.1, -0.05) is 41.6 Å². The van der Waals surface area contributed by atoms with Crippen molar-refractivity contribution in [3.05, 3.63) is 69.3 Å². The molecular formula is C17H13NO4S. The molecule has 1 aromatic heterocycles. The first-order valence-electron chi connectivity index (χ1n) is 6.93. The number of fused-ring (bicyclic) bond motifs is 1. The fraction of sp³-hybridized carbons (Fsp3) is 0.118. The molecule has 6 heteroatoms. The minimum atomic E-state index is -1.04. The maximum atomic E-state index is 11.4. The van der Waals surface area contributed by atoms with E-state index in [9.17, 15) is 9.70 Å². The van der Waals surface area contributed by atoms with Crippen LogP contribution < -0.4 is 4.74 Å². The van der Waals surface area contributed by atoms with E-state index in [2.05, 4.69) is 5.18 Å². The number of carboxylic acids is 1. The SMILES string of the molecule is O=NC(c1cccs1)c1ccc(OCC(=O)O)c2ccccc12. The van der Waals surface area contributed by atoms with Gasteiger partial charge in [0, 0.05) is 10.3 Å². The number of carboxylic acid groups (broad SMARTS) is 1. The highest BCUT2D eigenvalue weighted by atomic mass is 32.1. The fourth-order valence-electron chi connectivity index (χ4n) is 2.51. The Morgan fingerprint density at radius 3 is 2.57 bits per heavy atom. The van der Waals surface area contributed by atoms with E-state index in [-0.39, 0.29) is 0 Å². The monoisotopic (exact) mass is 327 g/mol. The zero-order valence-corrected chi connectivity index (χ0v) is 12.8. The summed E-state index contributed by atoms with van der Waals surface area (Å²) in [7, 11) is 0. The molecule has 23 heavy (non-hydrogen) atoms. The quantitative estimate of drug-likeness (QED) is 0.688. The maximum absolute atomic E-state index is 11.4. The molecule has 1 heterocycles. The fourth-order valence-corrected chi connectivity index (χ4v) is 3.28. The molecular weight excluding hydrogens is 314 g/mol. The van der Waals surface area contributed by atoms with Crippen LogP contribution in [0.5, 0.6) is 5.75 Å². The van der Waals surface area contributed by atoms with Crippen molar-refractivity contribution in [2.75, 3.05) is 6.61 Å². The number of aliphatic carboxylic acids is 1. The highest BCUT2D eigenvalue weighted by Crippen LogP contribution is 2.37. The van der Waals surface area contributed by atoms with Gasteiger partial charge in [0.05, 0.1) is 0 Å². The summed E-state index contributed by atoms with van der Waals surface area (Å²) in [6, 6.07) is 14.0. The first-order valence-corrected chi connectivity index (χ1v) is 7.81. The Morgan fingerprint density at radius 2 is 1.91 bits per heavy atom. The second-order valence-electron chi connectivity index (χ2n) is 4.90. The first-order chi connectivity index (χ1) is 11.2. The summed E-state index contributed by atoms with van der Waals surface area (Å²) >= 11 is 1.47. The Hall–Kier alpha value is -2.73. The van der Waals surface area contributed by atoms with Crippen LogP contribution in [0, 0.1) is 4.91 Å². The third-order valence-electron chi connectivity index (χ3n) is 3.48. The van der Waals surface area contributed by atoms with E-state index < -0.39 is 18.6 Å². The number of benzene rings is 2. The number of carbonyl (C=O) groups is 1. The molecule has 0 saturated heterocycles. The Balaban J connectivity index is 2.10. The zero-order valence-electron chi connectivity index (χ0n) is 12.0. The van der Waals surface area contributed by atoms with Crippen molar-refractivity contribution < 1.29 is 14.6 Å². The molecule has 0 bridgehead atoms. The van der Waals surface area contributed by atoms with Crippen LogP contribution in [0.2, 0.25) is 0 Å². The highest BCUT2D eigenvalue weighted by molar-refractivity contribution is 7.10. The molecule has 1 N–H and O–H groups in total. The lowest BCUT2D eigenvalue weighted by atomic mass is 9.97. The number of hydrogen-bond donors (Lipinski definition) is 1. The molecule has 0 spiro atoms. The van der Waals surface area contributed by atoms with Crippen molar-refractivity contribution in [3.8, 4) is 5.75 Å². The van der Waals surface area contributed by atoms with E-state index in [1.165, 1.54) is 11.3 Å². The minimum absolute atomic E-state index is 0.413. The summed E-state index contributed by atoms with van der Waals surface area (Å²) < 4.78 is 5.33. The second kappa shape index (κ2) is 6.58. The molecule has 0 amide bonds. The molecule has 0 aliphatic carbocycles. The van der Waals surface area contributed by atoms with Crippen LogP contribution >= 0.6 is 11.3 Å². The van der Waals surface area contributed by atoms with Gasteiger partial charge in [-0.2, -0.15) is 0 Å². The molecule has 0 radical (unpaired) electrons. The predicted molar refractivity (Wildman–Crippen MR) is 89.0 cm³/mol. The summed E-state index contributed by atoms with van der Waals surface area (Å²) in [6.45, 7) is -0.413. The molecule has 5 nitrogen and oxygen atoms in total. The van der Waals surface area contributed by atoms with Crippen LogP contribution in [-0.2, 0) is 4.79 Å². The van der Waals surface area contributed by atoms with Crippen molar-refractivity contribution in [2.24, 2.45) is 5.18 Å². The molecule has 0 saturated carbocycles. The number of ether oxygens (including phenoxy) is 1. The number of rotatable bonds is 6. The van der Waals surface area contributed by atoms with Crippen molar-refractivity contribution >= 4 is 28.1 Å². The maximum Gasteiger partial charge on any atom is 0.341 e. The van der Waals surface area contributed by atoms with Crippen molar-refractivity contribution in [2.45, 2.75) is 6.04 Å². The van der Waals surface area contributed by atoms with Crippen molar-refractivity contribution in [1.82, 2.24) is 0 Å². The van der Waals surface area contributed by atoms with Gasteiger partial charge in [-0.25, -0.2) is 4.79 Å². The van der Waals surface area contributed by atoms with Gasteiger partial charge in [0.15, 0.2) is 12.6 Å². The van der Waals surface area contributed by atoms with Gasteiger partial charge in [0.25, 0.3) is 0 Å². The third-order valence-corrected chi connectivity index (χ3v) is 4.41. The van der Waals surface area contributed by atoms with Crippen LogP contribution in [-0.4, -0.2) is 17.7 Å². The molecule has 1 unspecified atom stereocenters. The van der Waals surface area contributed by atoms with Crippen LogP contribution in [0.1, 0.15) is 16.5 Å². The van der Waals surface area contributed by atoms with E-state index >= 15 is 0 Å². The second-order valence-corrected chi connectivity index (χ2v) is 5.88. The third kappa shape index (κ3) is 3.07. The van der Waals surface area contributed by atoms with E-state index in [1.807, 2.05) is 41.8 Å². The predicted octanol–water partition coefficient (Wildman–Crippen LogP) is 4.22. The Kier molecular flexibility index (Phi) is 4.34. The Bertz CT molecular complexity index is 845. The largest absolute Gasteiger partial charge is 0.481 e. The van der Waals surface area contributed by atoms with Gasteiger partial charge in [0.1, 0.15) is 5.75 Å². The summed E-state index contributed by atoms with van der Waals surface area (Å²) in [5.41, 5.74) is 0.778. The highest BCUT2D eigenvalue weighted by Gasteiger charge is 2.19. The molecule has 0 aliphatic heterocycles. The van der Waals surface area contributed by atoms with E-state index in [0.717, 1.165) is 21.2 Å². The van der Waals surface area contributed by atoms with Crippen molar-refractivity contribution in [3.63, 3.8) is 0 Å². The van der Waals surface area contributed by atoms with Gasteiger partial charge >= 0.3 is 5.97 Å². The van der Waals surface area contributed by atoms with E-state index in [0.29, 0.717) is 5.75 Å². The van der Waals surface area contributed by atoms with Gasteiger partial charge < -0.3 is 9.84 Å². The summed E-state index contributed by atoms with van der Waals surface area (Å²) in [5, 5.41) is 15.5. The molecule has 0 aliphatic rings. The summed E-state index contributed by atoms with van der Waals surface area (Å²) in [6.07, 6.45) is 0. The lowest BCUT2D eigenvalue weighted by Crippen LogP contribution is -2.09. The Morgan fingerprint density at radius 1 is 1.13 bits per heavy atom. The van der Waals surface area contributed by atoms with Crippen LogP contribution in [0.4, 0.5) is 0 Å². The zero-order chi connectivity index (χ0) is 16.2. The number of nitroso groups, excluding NO2 is 1. The molecule has 116 valence electrons. The van der Waals surface area contributed by atoms with Crippen molar-refractivity contribution in [1.29, 1.82) is 0 Å². The van der Waals surface area contributed by atoms with Crippen LogP contribution in [0.25, 0.3) is 10.8 Å². The normalized spacial score (nSPS) is 12.0. The molecule has 0 fully saturated rings.